The summed E-state index contributed by atoms with van der Waals surface area (Å²) in [5, 5.41) is 11.8. The fourth-order valence-electron chi connectivity index (χ4n) is 3.29. The molecule has 1 saturated heterocycles. The van der Waals surface area contributed by atoms with Crippen LogP contribution in [0.4, 0.5) is 5.69 Å². The van der Waals surface area contributed by atoms with Crippen molar-refractivity contribution in [2.75, 3.05) is 18.4 Å². The maximum absolute atomic E-state index is 12.4. The van der Waals surface area contributed by atoms with Gasteiger partial charge in [-0.25, -0.2) is 0 Å². The first-order chi connectivity index (χ1) is 9.99. The lowest BCUT2D eigenvalue weighted by molar-refractivity contribution is -0.925. The third kappa shape index (κ3) is 4.05. The van der Waals surface area contributed by atoms with Gasteiger partial charge in [-0.15, -0.1) is 0 Å². The van der Waals surface area contributed by atoms with Gasteiger partial charge in [0.2, 0.25) is 0 Å². The highest BCUT2D eigenvalue weighted by atomic mass is 16.2. The molecular formula is C17H24N3O+. The molecule has 0 radical (unpaired) electrons. The summed E-state index contributed by atoms with van der Waals surface area (Å²) in [6, 6.07) is 9.07. The molecule has 1 aromatic rings. The van der Waals surface area contributed by atoms with Gasteiger partial charge < -0.3 is 10.2 Å². The lowest BCUT2D eigenvalue weighted by Gasteiger charge is -2.35. The Hall–Kier alpha value is -1.86. The van der Waals surface area contributed by atoms with E-state index in [0.29, 0.717) is 23.1 Å². The number of carbonyl (C=O) groups is 1. The Labute approximate surface area is 126 Å². The quantitative estimate of drug-likeness (QED) is 0.883. The number of nitriles is 1. The Morgan fingerprint density at radius 1 is 1.38 bits per heavy atom. The molecule has 1 heterocycles. The summed E-state index contributed by atoms with van der Waals surface area (Å²) in [5.74, 6) is 1.36. The third-order valence-corrected chi connectivity index (χ3v) is 4.29. The largest absolute Gasteiger partial charge is 0.324 e. The second kappa shape index (κ2) is 6.73. The molecule has 0 spiro atoms. The van der Waals surface area contributed by atoms with Gasteiger partial charge in [0, 0.05) is 17.5 Å². The molecule has 1 aliphatic rings. The normalized spacial score (nSPS) is 26.7. The number of likely N-dealkylation sites (tertiary alicyclic amines) is 1. The summed E-state index contributed by atoms with van der Waals surface area (Å²) >= 11 is 0. The van der Waals surface area contributed by atoms with Gasteiger partial charge in [0.05, 0.1) is 24.7 Å². The molecule has 0 bridgehead atoms. The number of benzene rings is 1. The zero-order valence-corrected chi connectivity index (χ0v) is 13.0. The average Bonchev–Trinajstić information content (AvgIpc) is 2.45. The summed E-state index contributed by atoms with van der Waals surface area (Å²) in [6.07, 6.45) is 1.25. The van der Waals surface area contributed by atoms with E-state index in [1.165, 1.54) is 11.3 Å². The zero-order valence-electron chi connectivity index (χ0n) is 13.0. The Bertz CT molecular complexity index is 539. The molecule has 1 aliphatic heterocycles. The van der Waals surface area contributed by atoms with Crippen LogP contribution in [0.3, 0.4) is 0 Å². The van der Waals surface area contributed by atoms with Crippen LogP contribution >= 0.6 is 0 Å². The number of carbonyl (C=O) groups excluding carboxylic acids is 1. The Kier molecular flexibility index (Phi) is 4.98. The Morgan fingerprint density at radius 3 is 2.67 bits per heavy atom. The van der Waals surface area contributed by atoms with Gasteiger partial charge in [0.1, 0.15) is 0 Å². The highest BCUT2D eigenvalue weighted by Gasteiger charge is 2.32. The van der Waals surface area contributed by atoms with Crippen molar-refractivity contribution in [3.8, 4) is 6.07 Å². The standard InChI is InChI=1S/C17H23N3O/c1-12-7-13(2)11-20(10-12)14(3)17(21)19-16-6-4-5-15(8-16)9-18/h4-6,8,12-14H,7,10-11H2,1-3H3,(H,19,21)/p+1/t12-,13-,14-/m0/s1. The topological polar surface area (TPSA) is 57.3 Å². The highest BCUT2D eigenvalue weighted by molar-refractivity contribution is 5.93. The lowest BCUT2D eigenvalue weighted by Crippen LogP contribution is -3.18. The third-order valence-electron chi connectivity index (χ3n) is 4.29. The van der Waals surface area contributed by atoms with Crippen molar-refractivity contribution >= 4 is 11.6 Å². The molecule has 1 amide bonds. The number of piperidine rings is 1. The number of quaternary nitrogens is 1. The van der Waals surface area contributed by atoms with E-state index in [1.54, 1.807) is 18.2 Å². The summed E-state index contributed by atoms with van der Waals surface area (Å²) in [6.45, 7) is 8.62. The molecule has 2 N–H and O–H groups in total. The van der Waals surface area contributed by atoms with Crippen LogP contribution in [0.1, 0.15) is 32.8 Å². The Balaban J connectivity index is 2.00. The van der Waals surface area contributed by atoms with Crippen molar-refractivity contribution in [2.24, 2.45) is 11.8 Å². The summed E-state index contributed by atoms with van der Waals surface area (Å²) in [4.78, 5) is 13.8. The minimum absolute atomic E-state index is 0.0291. The number of anilines is 1. The maximum atomic E-state index is 12.4. The smallest absolute Gasteiger partial charge is 0.282 e. The second-order valence-electron chi connectivity index (χ2n) is 6.42. The van der Waals surface area contributed by atoms with E-state index in [9.17, 15) is 4.79 Å². The molecule has 112 valence electrons. The second-order valence-corrected chi connectivity index (χ2v) is 6.42. The zero-order chi connectivity index (χ0) is 15.4. The average molecular weight is 286 g/mol. The highest BCUT2D eigenvalue weighted by Crippen LogP contribution is 2.13. The number of amides is 1. The maximum Gasteiger partial charge on any atom is 0.282 e. The van der Waals surface area contributed by atoms with Crippen LogP contribution in [0.2, 0.25) is 0 Å². The molecule has 0 saturated carbocycles. The first-order valence-electron chi connectivity index (χ1n) is 7.65. The van der Waals surface area contributed by atoms with Gasteiger partial charge in [-0.1, -0.05) is 19.9 Å². The van der Waals surface area contributed by atoms with Gasteiger partial charge in [0.25, 0.3) is 5.91 Å². The van der Waals surface area contributed by atoms with Gasteiger partial charge in [-0.2, -0.15) is 5.26 Å². The first kappa shape index (κ1) is 15.5. The van der Waals surface area contributed by atoms with E-state index in [0.717, 1.165) is 13.1 Å². The van der Waals surface area contributed by atoms with Crippen LogP contribution in [0.5, 0.6) is 0 Å². The van der Waals surface area contributed by atoms with Crippen molar-refractivity contribution in [3.63, 3.8) is 0 Å². The molecule has 2 rings (SSSR count). The van der Waals surface area contributed by atoms with Crippen LogP contribution in [-0.4, -0.2) is 25.0 Å². The Morgan fingerprint density at radius 2 is 2.05 bits per heavy atom. The predicted molar refractivity (Wildman–Crippen MR) is 82.9 cm³/mol. The van der Waals surface area contributed by atoms with Gasteiger partial charge in [0.15, 0.2) is 6.04 Å². The monoisotopic (exact) mass is 286 g/mol. The number of nitrogens with one attached hydrogen (secondary N) is 2. The molecule has 1 aromatic carbocycles. The van der Waals surface area contributed by atoms with Crippen molar-refractivity contribution in [1.29, 1.82) is 5.26 Å². The van der Waals surface area contributed by atoms with Gasteiger partial charge in [-0.3, -0.25) is 4.79 Å². The van der Waals surface area contributed by atoms with E-state index in [2.05, 4.69) is 25.2 Å². The molecule has 3 atom stereocenters. The van der Waals surface area contributed by atoms with Crippen LogP contribution in [0.25, 0.3) is 0 Å². The fraction of sp³-hybridized carbons (Fsp3) is 0.529. The van der Waals surface area contributed by atoms with Crippen LogP contribution in [0.15, 0.2) is 24.3 Å². The number of nitrogens with zero attached hydrogens (tertiary/aromatic N) is 1. The SMILES string of the molecule is C[C@H]1C[C@H](C)C[NH+]([C@@H](C)C(=O)Nc2cccc(C#N)c2)C1. The molecule has 21 heavy (non-hydrogen) atoms. The minimum atomic E-state index is -0.0686. The molecule has 0 unspecified atom stereocenters. The lowest BCUT2D eigenvalue weighted by atomic mass is 9.91. The van der Waals surface area contributed by atoms with Crippen molar-refractivity contribution in [3.05, 3.63) is 29.8 Å². The fourth-order valence-corrected chi connectivity index (χ4v) is 3.29. The van der Waals surface area contributed by atoms with Gasteiger partial charge in [-0.05, 0) is 31.5 Å². The predicted octanol–water partition coefficient (Wildman–Crippen LogP) is 1.45. The van der Waals surface area contributed by atoms with E-state index >= 15 is 0 Å². The van der Waals surface area contributed by atoms with E-state index in [-0.39, 0.29) is 11.9 Å². The first-order valence-corrected chi connectivity index (χ1v) is 7.65. The summed E-state index contributed by atoms with van der Waals surface area (Å²) < 4.78 is 0. The number of hydrogen-bond acceptors (Lipinski definition) is 2. The number of rotatable bonds is 3. The molecule has 0 aliphatic carbocycles. The van der Waals surface area contributed by atoms with Crippen molar-refractivity contribution in [2.45, 2.75) is 33.2 Å². The molecule has 0 aromatic heterocycles. The van der Waals surface area contributed by atoms with Crippen LogP contribution in [-0.2, 0) is 4.79 Å². The van der Waals surface area contributed by atoms with Crippen LogP contribution < -0.4 is 10.2 Å². The van der Waals surface area contributed by atoms with Crippen LogP contribution in [0, 0.1) is 23.2 Å². The molecule has 4 nitrogen and oxygen atoms in total. The minimum Gasteiger partial charge on any atom is -0.324 e. The summed E-state index contributed by atoms with van der Waals surface area (Å²) in [7, 11) is 0. The van der Waals surface area contributed by atoms with Gasteiger partial charge >= 0.3 is 0 Å². The van der Waals surface area contributed by atoms with E-state index in [1.807, 2.05) is 13.0 Å². The molecule has 4 heteroatoms. The van der Waals surface area contributed by atoms with E-state index < -0.39 is 0 Å². The molecule has 1 fully saturated rings. The van der Waals surface area contributed by atoms with Crippen molar-refractivity contribution in [1.82, 2.24) is 0 Å². The molecular weight excluding hydrogens is 262 g/mol. The van der Waals surface area contributed by atoms with E-state index in [4.69, 9.17) is 5.26 Å². The summed E-state index contributed by atoms with van der Waals surface area (Å²) in [5.41, 5.74) is 1.26. The van der Waals surface area contributed by atoms with Crippen molar-refractivity contribution < 1.29 is 9.69 Å². The number of hydrogen-bond donors (Lipinski definition) is 2.